The van der Waals surface area contributed by atoms with Crippen molar-refractivity contribution in [3.63, 3.8) is 0 Å². The highest BCUT2D eigenvalue weighted by Crippen LogP contribution is 2.27. The fourth-order valence-corrected chi connectivity index (χ4v) is 5.41. The minimum Gasteiger partial charge on any atom is -0.353 e. The van der Waals surface area contributed by atoms with Gasteiger partial charge in [-0.25, -0.2) is 12.8 Å². The molecule has 3 rings (SSSR count). The van der Waals surface area contributed by atoms with Crippen LogP contribution in [0.3, 0.4) is 0 Å². The Balaban J connectivity index is 1.55. The van der Waals surface area contributed by atoms with E-state index in [0.29, 0.717) is 12.8 Å². The lowest BCUT2D eigenvalue weighted by atomic mass is 9.87. The Labute approximate surface area is 155 Å². The summed E-state index contributed by atoms with van der Waals surface area (Å²) in [5.74, 6) is -0.136. The van der Waals surface area contributed by atoms with Gasteiger partial charge in [0.2, 0.25) is 15.9 Å². The molecule has 1 aromatic rings. The van der Waals surface area contributed by atoms with E-state index in [1.165, 1.54) is 22.5 Å². The van der Waals surface area contributed by atoms with Crippen LogP contribution in [-0.4, -0.2) is 37.8 Å². The summed E-state index contributed by atoms with van der Waals surface area (Å²) in [6.07, 6.45) is 5.28. The van der Waals surface area contributed by atoms with Crippen molar-refractivity contribution >= 4 is 15.9 Å². The molecule has 0 radical (unpaired) electrons. The molecule has 2 aliphatic rings. The van der Waals surface area contributed by atoms with Gasteiger partial charge in [0.05, 0.1) is 0 Å². The average molecular weight is 383 g/mol. The summed E-state index contributed by atoms with van der Waals surface area (Å²) in [5, 5.41) is 3.14. The van der Waals surface area contributed by atoms with E-state index in [1.54, 1.807) is 0 Å². The quantitative estimate of drug-likeness (QED) is 0.871. The van der Waals surface area contributed by atoms with Crippen LogP contribution in [0.25, 0.3) is 0 Å². The number of hydrogen-bond acceptors (Lipinski definition) is 3. The minimum absolute atomic E-state index is 0.0347. The number of carbonyl (C=O) groups excluding carboxylic acids is 1. The van der Waals surface area contributed by atoms with Crippen molar-refractivity contribution in [3.8, 4) is 0 Å². The van der Waals surface area contributed by atoms with Crippen LogP contribution < -0.4 is 5.32 Å². The van der Waals surface area contributed by atoms with Gasteiger partial charge in [0.1, 0.15) is 10.7 Å². The maximum atomic E-state index is 13.9. The molecule has 0 aromatic heterocycles. The van der Waals surface area contributed by atoms with Crippen molar-refractivity contribution in [1.82, 2.24) is 9.62 Å². The summed E-state index contributed by atoms with van der Waals surface area (Å²) in [6.45, 7) is 2.73. The SMILES string of the molecule is CC1CCC(NC(=O)C2CCN(S(=O)(=O)c3ccccc3F)CC2)CC1. The second kappa shape index (κ2) is 8.05. The molecule has 0 bridgehead atoms. The number of sulfonamides is 1. The third-order valence-corrected chi connectivity index (χ3v) is 7.57. The topological polar surface area (TPSA) is 66.5 Å². The summed E-state index contributed by atoms with van der Waals surface area (Å²) in [4.78, 5) is 12.2. The van der Waals surface area contributed by atoms with Crippen molar-refractivity contribution in [3.05, 3.63) is 30.1 Å². The van der Waals surface area contributed by atoms with E-state index in [0.717, 1.165) is 37.7 Å². The van der Waals surface area contributed by atoms with Gasteiger partial charge >= 0.3 is 0 Å². The minimum atomic E-state index is -3.85. The number of piperidine rings is 1. The van der Waals surface area contributed by atoms with Crippen LogP contribution in [0.1, 0.15) is 45.4 Å². The number of rotatable bonds is 4. The predicted octanol–water partition coefficient (Wildman–Crippen LogP) is 2.92. The molecular weight excluding hydrogens is 355 g/mol. The number of benzene rings is 1. The molecule has 0 atom stereocenters. The van der Waals surface area contributed by atoms with Gasteiger partial charge in [0.15, 0.2) is 0 Å². The second-order valence-electron chi connectivity index (χ2n) is 7.57. The first kappa shape index (κ1) is 19.3. The Morgan fingerprint density at radius 1 is 1.08 bits per heavy atom. The van der Waals surface area contributed by atoms with Crippen molar-refractivity contribution in [2.24, 2.45) is 11.8 Å². The number of nitrogens with one attached hydrogen (secondary N) is 1. The largest absolute Gasteiger partial charge is 0.353 e. The Morgan fingerprint density at radius 2 is 1.69 bits per heavy atom. The number of hydrogen-bond donors (Lipinski definition) is 1. The monoisotopic (exact) mass is 382 g/mol. The Bertz CT molecular complexity index is 737. The molecule has 26 heavy (non-hydrogen) atoms. The summed E-state index contributed by atoms with van der Waals surface area (Å²) in [6, 6.07) is 5.67. The Kier molecular flexibility index (Phi) is 5.97. The molecule has 144 valence electrons. The Hall–Kier alpha value is -1.47. The zero-order valence-electron chi connectivity index (χ0n) is 15.2. The van der Waals surface area contributed by atoms with Crippen molar-refractivity contribution in [1.29, 1.82) is 0 Å². The first-order valence-electron chi connectivity index (χ1n) is 9.43. The van der Waals surface area contributed by atoms with Crippen molar-refractivity contribution in [2.45, 2.75) is 56.4 Å². The number of halogens is 1. The summed E-state index contributed by atoms with van der Waals surface area (Å²) >= 11 is 0. The lowest BCUT2D eigenvalue weighted by molar-refractivity contribution is -0.127. The van der Waals surface area contributed by atoms with Gasteiger partial charge in [-0.1, -0.05) is 19.1 Å². The van der Waals surface area contributed by atoms with Gasteiger partial charge < -0.3 is 5.32 Å². The average Bonchev–Trinajstić information content (AvgIpc) is 2.64. The fraction of sp³-hybridized carbons (Fsp3) is 0.632. The van der Waals surface area contributed by atoms with E-state index >= 15 is 0 Å². The fourth-order valence-electron chi connectivity index (χ4n) is 3.87. The normalized spacial score (nSPS) is 25.8. The van der Waals surface area contributed by atoms with Crippen LogP contribution >= 0.6 is 0 Å². The van der Waals surface area contributed by atoms with Crippen LogP contribution in [0.15, 0.2) is 29.2 Å². The van der Waals surface area contributed by atoms with E-state index in [4.69, 9.17) is 0 Å². The number of carbonyl (C=O) groups is 1. The molecule has 1 aliphatic carbocycles. The molecule has 1 N–H and O–H groups in total. The second-order valence-corrected chi connectivity index (χ2v) is 9.48. The lowest BCUT2D eigenvalue weighted by Crippen LogP contribution is -2.46. The molecule has 1 aromatic carbocycles. The van der Waals surface area contributed by atoms with E-state index in [9.17, 15) is 17.6 Å². The molecule has 7 heteroatoms. The molecule has 1 saturated heterocycles. The van der Waals surface area contributed by atoms with Crippen LogP contribution in [0, 0.1) is 17.7 Å². The van der Waals surface area contributed by atoms with E-state index in [1.807, 2.05) is 0 Å². The lowest BCUT2D eigenvalue weighted by Gasteiger charge is -2.33. The van der Waals surface area contributed by atoms with Crippen LogP contribution in [0.4, 0.5) is 4.39 Å². The van der Waals surface area contributed by atoms with Gasteiger partial charge in [0, 0.05) is 25.0 Å². The third-order valence-electron chi connectivity index (χ3n) is 5.64. The maximum absolute atomic E-state index is 13.9. The van der Waals surface area contributed by atoms with Crippen LogP contribution in [-0.2, 0) is 14.8 Å². The van der Waals surface area contributed by atoms with Gasteiger partial charge in [0.25, 0.3) is 0 Å². The first-order valence-corrected chi connectivity index (χ1v) is 10.9. The van der Waals surface area contributed by atoms with Gasteiger partial charge in [-0.3, -0.25) is 4.79 Å². The van der Waals surface area contributed by atoms with Crippen LogP contribution in [0.2, 0.25) is 0 Å². The van der Waals surface area contributed by atoms with Crippen molar-refractivity contribution in [2.75, 3.05) is 13.1 Å². The molecule has 2 fully saturated rings. The molecule has 1 amide bonds. The molecule has 0 unspecified atom stereocenters. The maximum Gasteiger partial charge on any atom is 0.245 e. The highest BCUT2D eigenvalue weighted by Gasteiger charge is 2.34. The number of nitrogens with zero attached hydrogens (tertiary/aromatic N) is 1. The highest BCUT2D eigenvalue weighted by atomic mass is 32.2. The summed E-state index contributed by atoms with van der Waals surface area (Å²) in [5.41, 5.74) is 0. The van der Waals surface area contributed by atoms with E-state index in [2.05, 4.69) is 12.2 Å². The first-order chi connectivity index (χ1) is 12.4. The van der Waals surface area contributed by atoms with Gasteiger partial charge in [-0.05, 0) is 56.6 Å². The summed E-state index contributed by atoms with van der Waals surface area (Å²) in [7, 11) is -3.85. The molecule has 1 aliphatic heterocycles. The van der Waals surface area contributed by atoms with Gasteiger partial charge in [-0.2, -0.15) is 4.31 Å². The molecule has 5 nitrogen and oxygen atoms in total. The Morgan fingerprint density at radius 3 is 2.31 bits per heavy atom. The van der Waals surface area contributed by atoms with Crippen LogP contribution in [0.5, 0.6) is 0 Å². The van der Waals surface area contributed by atoms with E-state index < -0.39 is 15.8 Å². The number of amides is 1. The van der Waals surface area contributed by atoms with Gasteiger partial charge in [-0.15, -0.1) is 0 Å². The van der Waals surface area contributed by atoms with Crippen molar-refractivity contribution < 1.29 is 17.6 Å². The third kappa shape index (κ3) is 4.26. The molecule has 0 spiro atoms. The molecule has 1 heterocycles. The molecule has 1 saturated carbocycles. The summed E-state index contributed by atoms with van der Waals surface area (Å²) < 4.78 is 40.4. The predicted molar refractivity (Wildman–Crippen MR) is 97.4 cm³/mol. The zero-order chi connectivity index (χ0) is 18.7. The standard InChI is InChI=1S/C19H27FN2O3S/c1-14-6-8-16(9-7-14)21-19(23)15-10-12-22(13-11-15)26(24,25)18-5-3-2-4-17(18)20/h2-5,14-16H,6-13H2,1H3,(H,21,23). The molecular formula is C19H27FN2O3S. The van der Waals surface area contributed by atoms with E-state index in [-0.39, 0.29) is 35.9 Å². The smallest absolute Gasteiger partial charge is 0.245 e. The zero-order valence-corrected chi connectivity index (χ0v) is 16.0. The highest BCUT2D eigenvalue weighted by molar-refractivity contribution is 7.89.